The zero-order chi connectivity index (χ0) is 13.2. The van der Waals surface area contributed by atoms with Crippen molar-refractivity contribution in [3.05, 3.63) is 34.9 Å². The summed E-state index contributed by atoms with van der Waals surface area (Å²) in [5, 5.41) is 0.746. The van der Waals surface area contributed by atoms with Crippen molar-refractivity contribution in [2.45, 2.75) is 6.54 Å². The normalized spacial score (nSPS) is 19.0. The first-order valence-corrected chi connectivity index (χ1v) is 8.21. The van der Waals surface area contributed by atoms with Gasteiger partial charge < -0.3 is 4.90 Å². The zero-order valence-corrected chi connectivity index (χ0v) is 12.0. The number of nitrogens with one attached hydrogen (secondary N) is 1. The molecule has 1 N–H and O–H groups in total. The lowest BCUT2D eigenvalue weighted by molar-refractivity contribution is -0.917. The predicted molar refractivity (Wildman–Crippen MR) is 72.3 cm³/mol. The van der Waals surface area contributed by atoms with Gasteiger partial charge in [0.2, 0.25) is 10.0 Å². The lowest BCUT2D eigenvalue weighted by Crippen LogP contribution is -3.13. The van der Waals surface area contributed by atoms with E-state index in [-0.39, 0.29) is 0 Å². The molecule has 2 rings (SSSR count). The fourth-order valence-corrected chi connectivity index (χ4v) is 3.17. The number of hydrogen-bond acceptors (Lipinski definition) is 2. The molecule has 1 aliphatic rings. The molecule has 1 heterocycles. The molecule has 0 amide bonds. The van der Waals surface area contributed by atoms with Crippen LogP contribution in [0.1, 0.15) is 5.56 Å². The van der Waals surface area contributed by atoms with E-state index in [1.807, 2.05) is 24.3 Å². The molecule has 0 unspecified atom stereocenters. The molecular weight excluding hydrogens is 272 g/mol. The Kier molecular flexibility index (Phi) is 4.27. The van der Waals surface area contributed by atoms with Gasteiger partial charge in [-0.05, 0) is 12.1 Å². The lowest BCUT2D eigenvalue weighted by Gasteiger charge is -2.30. The average molecular weight is 290 g/mol. The van der Waals surface area contributed by atoms with E-state index < -0.39 is 10.0 Å². The molecule has 0 spiro atoms. The Bertz CT molecular complexity index is 493. The van der Waals surface area contributed by atoms with Gasteiger partial charge in [0.25, 0.3) is 0 Å². The van der Waals surface area contributed by atoms with Crippen LogP contribution in [0, 0.1) is 0 Å². The summed E-state index contributed by atoms with van der Waals surface area (Å²) in [6.07, 6.45) is 1.27. The van der Waals surface area contributed by atoms with Gasteiger partial charge in [0.1, 0.15) is 6.54 Å². The molecular formula is C12H18ClN2O2S+. The van der Waals surface area contributed by atoms with E-state index in [1.165, 1.54) is 16.7 Å². The van der Waals surface area contributed by atoms with Crippen molar-refractivity contribution in [2.75, 3.05) is 32.4 Å². The van der Waals surface area contributed by atoms with Gasteiger partial charge >= 0.3 is 0 Å². The van der Waals surface area contributed by atoms with E-state index in [9.17, 15) is 8.42 Å². The zero-order valence-electron chi connectivity index (χ0n) is 10.4. The first-order chi connectivity index (χ1) is 8.45. The molecule has 1 aromatic rings. The highest BCUT2D eigenvalue weighted by atomic mass is 35.5. The monoisotopic (exact) mass is 289 g/mol. The molecule has 0 radical (unpaired) electrons. The number of quaternary nitrogens is 1. The molecule has 1 aliphatic heterocycles. The highest BCUT2D eigenvalue weighted by Gasteiger charge is 2.25. The maximum absolute atomic E-state index is 11.4. The third kappa shape index (κ3) is 3.68. The fraction of sp³-hybridized carbons (Fsp3) is 0.500. The highest BCUT2D eigenvalue weighted by Crippen LogP contribution is 2.08. The van der Waals surface area contributed by atoms with E-state index >= 15 is 0 Å². The fourth-order valence-electron chi connectivity index (χ4n) is 2.20. The first kappa shape index (κ1) is 13.8. The van der Waals surface area contributed by atoms with E-state index in [1.54, 1.807) is 4.31 Å². The third-order valence-electron chi connectivity index (χ3n) is 3.27. The molecule has 0 bridgehead atoms. The summed E-state index contributed by atoms with van der Waals surface area (Å²) < 4.78 is 24.3. The number of nitrogens with zero attached hydrogens (tertiary/aromatic N) is 1. The van der Waals surface area contributed by atoms with Gasteiger partial charge in [0, 0.05) is 10.6 Å². The quantitative estimate of drug-likeness (QED) is 0.851. The minimum atomic E-state index is -3.03. The second-order valence-electron chi connectivity index (χ2n) is 4.72. The molecule has 6 heteroatoms. The van der Waals surface area contributed by atoms with Gasteiger partial charge in [-0.15, -0.1) is 0 Å². The van der Waals surface area contributed by atoms with Crippen molar-refractivity contribution >= 4 is 21.6 Å². The topological polar surface area (TPSA) is 41.8 Å². The number of benzene rings is 1. The van der Waals surface area contributed by atoms with Crippen molar-refractivity contribution < 1.29 is 13.3 Å². The summed E-state index contributed by atoms with van der Waals surface area (Å²) in [7, 11) is -3.03. The first-order valence-electron chi connectivity index (χ1n) is 5.98. The maximum Gasteiger partial charge on any atom is 0.211 e. The highest BCUT2D eigenvalue weighted by molar-refractivity contribution is 7.88. The van der Waals surface area contributed by atoms with Crippen molar-refractivity contribution in [3.63, 3.8) is 0 Å². The Morgan fingerprint density at radius 2 is 1.78 bits per heavy atom. The van der Waals surface area contributed by atoms with Gasteiger partial charge in [0.05, 0.1) is 32.4 Å². The molecule has 1 aromatic carbocycles. The van der Waals surface area contributed by atoms with Crippen LogP contribution < -0.4 is 4.90 Å². The number of halogens is 1. The summed E-state index contributed by atoms with van der Waals surface area (Å²) in [6, 6.07) is 7.84. The Morgan fingerprint density at radius 3 is 2.28 bits per heavy atom. The summed E-state index contributed by atoms with van der Waals surface area (Å²) in [5.74, 6) is 0. The maximum atomic E-state index is 11.4. The second-order valence-corrected chi connectivity index (χ2v) is 7.13. The van der Waals surface area contributed by atoms with Crippen LogP contribution in [0.15, 0.2) is 24.3 Å². The van der Waals surface area contributed by atoms with Crippen LogP contribution in [0.25, 0.3) is 0 Å². The van der Waals surface area contributed by atoms with Gasteiger partial charge in [-0.25, -0.2) is 8.42 Å². The number of piperazine rings is 1. The Morgan fingerprint density at radius 1 is 1.22 bits per heavy atom. The summed E-state index contributed by atoms with van der Waals surface area (Å²) >= 11 is 5.84. The summed E-state index contributed by atoms with van der Waals surface area (Å²) in [5.41, 5.74) is 1.24. The van der Waals surface area contributed by atoms with Gasteiger partial charge in [-0.2, -0.15) is 4.31 Å². The van der Waals surface area contributed by atoms with Gasteiger partial charge in [-0.1, -0.05) is 23.7 Å². The van der Waals surface area contributed by atoms with E-state index in [4.69, 9.17) is 11.6 Å². The molecule has 1 fully saturated rings. The van der Waals surface area contributed by atoms with Crippen LogP contribution in [0.2, 0.25) is 5.02 Å². The largest absolute Gasteiger partial charge is 0.329 e. The summed E-state index contributed by atoms with van der Waals surface area (Å²) in [4.78, 5) is 1.41. The van der Waals surface area contributed by atoms with Crippen molar-refractivity contribution in [3.8, 4) is 0 Å². The van der Waals surface area contributed by atoms with Crippen LogP contribution in [0.4, 0.5) is 0 Å². The van der Waals surface area contributed by atoms with E-state index in [2.05, 4.69) is 0 Å². The van der Waals surface area contributed by atoms with Crippen molar-refractivity contribution in [2.24, 2.45) is 0 Å². The van der Waals surface area contributed by atoms with Crippen LogP contribution in [0.3, 0.4) is 0 Å². The number of rotatable bonds is 3. The lowest BCUT2D eigenvalue weighted by atomic mass is 10.2. The summed E-state index contributed by atoms with van der Waals surface area (Å²) in [6.45, 7) is 3.86. The van der Waals surface area contributed by atoms with Gasteiger partial charge in [0.15, 0.2) is 0 Å². The third-order valence-corrected chi connectivity index (χ3v) is 4.82. The van der Waals surface area contributed by atoms with Crippen molar-refractivity contribution in [1.82, 2.24) is 4.31 Å². The molecule has 0 aliphatic carbocycles. The predicted octanol–water partition coefficient (Wildman–Crippen LogP) is 0.000100. The Labute approximate surface area is 113 Å². The molecule has 0 aromatic heterocycles. The van der Waals surface area contributed by atoms with E-state index in [0.29, 0.717) is 13.1 Å². The Balaban J connectivity index is 1.89. The van der Waals surface area contributed by atoms with Crippen LogP contribution in [-0.4, -0.2) is 45.2 Å². The smallest absolute Gasteiger partial charge is 0.211 e. The minimum absolute atomic E-state index is 0.613. The van der Waals surface area contributed by atoms with Crippen molar-refractivity contribution in [1.29, 1.82) is 0 Å². The molecule has 0 atom stereocenters. The van der Waals surface area contributed by atoms with E-state index in [0.717, 1.165) is 24.7 Å². The van der Waals surface area contributed by atoms with Crippen LogP contribution >= 0.6 is 11.6 Å². The van der Waals surface area contributed by atoms with Crippen LogP contribution in [0.5, 0.6) is 0 Å². The molecule has 4 nitrogen and oxygen atoms in total. The number of hydrogen-bond donors (Lipinski definition) is 1. The molecule has 100 valence electrons. The average Bonchev–Trinajstić information content (AvgIpc) is 2.32. The van der Waals surface area contributed by atoms with Gasteiger partial charge in [-0.3, -0.25) is 0 Å². The SMILES string of the molecule is CS(=O)(=O)N1CC[NH+](Cc2ccc(Cl)cc2)CC1. The number of sulfonamides is 1. The Hall–Kier alpha value is -0.620. The second kappa shape index (κ2) is 5.57. The molecule has 1 saturated heterocycles. The minimum Gasteiger partial charge on any atom is -0.329 e. The molecule has 18 heavy (non-hydrogen) atoms. The van der Waals surface area contributed by atoms with Crippen LogP contribution in [-0.2, 0) is 16.6 Å². The standard InChI is InChI=1S/C12H17ClN2O2S/c1-18(16,17)15-8-6-14(7-9-15)10-11-2-4-12(13)5-3-11/h2-5H,6-10H2,1H3/p+1. The molecule has 0 saturated carbocycles.